The summed E-state index contributed by atoms with van der Waals surface area (Å²) in [5.74, 6) is 5.84. The zero-order valence-electron chi connectivity index (χ0n) is 11.1. The summed E-state index contributed by atoms with van der Waals surface area (Å²) >= 11 is 0. The summed E-state index contributed by atoms with van der Waals surface area (Å²) in [6.45, 7) is 2.59. The molecular formula is C13H17F3N4. The summed E-state index contributed by atoms with van der Waals surface area (Å²) in [7, 11) is 0. The van der Waals surface area contributed by atoms with Gasteiger partial charge in [-0.15, -0.1) is 0 Å². The van der Waals surface area contributed by atoms with E-state index >= 15 is 0 Å². The van der Waals surface area contributed by atoms with Crippen molar-refractivity contribution in [2.45, 2.75) is 38.5 Å². The number of imidazole rings is 1. The summed E-state index contributed by atoms with van der Waals surface area (Å²) in [6, 6.07) is 6.61. The first-order valence-electron chi connectivity index (χ1n) is 6.41. The van der Waals surface area contributed by atoms with Gasteiger partial charge in [0.1, 0.15) is 5.82 Å². The molecule has 4 nitrogen and oxygen atoms in total. The molecule has 7 heteroatoms. The van der Waals surface area contributed by atoms with Crippen LogP contribution >= 0.6 is 0 Å². The number of hydrogen-bond donors (Lipinski definition) is 2. The van der Waals surface area contributed by atoms with E-state index in [0.717, 1.165) is 11.0 Å². The molecule has 0 amide bonds. The summed E-state index contributed by atoms with van der Waals surface area (Å²) in [4.78, 5) is 4.40. The van der Waals surface area contributed by atoms with Crippen molar-refractivity contribution >= 4 is 11.0 Å². The van der Waals surface area contributed by atoms with Gasteiger partial charge in [0.25, 0.3) is 0 Å². The van der Waals surface area contributed by atoms with Crippen molar-refractivity contribution in [3.8, 4) is 0 Å². The lowest BCUT2D eigenvalue weighted by Gasteiger charge is -2.17. The predicted octanol–water partition coefficient (Wildman–Crippen LogP) is 2.38. The minimum absolute atomic E-state index is 0.137. The van der Waals surface area contributed by atoms with Crippen LogP contribution in [0.3, 0.4) is 0 Å². The third kappa shape index (κ3) is 3.29. The van der Waals surface area contributed by atoms with Crippen LogP contribution in [0.2, 0.25) is 0 Å². The van der Waals surface area contributed by atoms with Gasteiger partial charge in [0.2, 0.25) is 0 Å². The Hall–Kier alpha value is -1.60. The Labute approximate surface area is 114 Å². The molecule has 0 saturated carbocycles. The maximum atomic E-state index is 12.5. The molecule has 1 aromatic carbocycles. The first-order chi connectivity index (χ1) is 9.44. The molecule has 1 atom stereocenters. The van der Waals surface area contributed by atoms with Crippen molar-refractivity contribution in [1.29, 1.82) is 0 Å². The SMILES string of the molecule is CCn1c(CC(CC(F)(F)F)NN)nc2ccccc21. The fourth-order valence-electron chi connectivity index (χ4n) is 2.32. The number of nitrogens with two attached hydrogens (primary N) is 1. The molecule has 0 saturated heterocycles. The highest BCUT2D eigenvalue weighted by Crippen LogP contribution is 2.24. The Morgan fingerprint density at radius 3 is 2.65 bits per heavy atom. The quantitative estimate of drug-likeness (QED) is 0.655. The molecule has 0 aliphatic rings. The molecule has 1 heterocycles. The van der Waals surface area contributed by atoms with Crippen molar-refractivity contribution < 1.29 is 13.2 Å². The van der Waals surface area contributed by atoms with Gasteiger partial charge in [0.05, 0.1) is 17.5 Å². The summed E-state index contributed by atoms with van der Waals surface area (Å²) < 4.78 is 39.3. The second-order valence-electron chi connectivity index (χ2n) is 4.65. The molecule has 1 unspecified atom stereocenters. The van der Waals surface area contributed by atoms with Crippen LogP contribution in [0, 0.1) is 0 Å². The number of nitrogens with one attached hydrogen (secondary N) is 1. The molecule has 1 aromatic heterocycles. The first-order valence-corrected chi connectivity index (χ1v) is 6.41. The van der Waals surface area contributed by atoms with Crippen molar-refractivity contribution in [2.75, 3.05) is 0 Å². The molecule has 110 valence electrons. The van der Waals surface area contributed by atoms with Crippen LogP contribution < -0.4 is 11.3 Å². The van der Waals surface area contributed by atoms with Crippen LogP contribution in [0.4, 0.5) is 13.2 Å². The molecule has 0 fully saturated rings. The van der Waals surface area contributed by atoms with E-state index in [-0.39, 0.29) is 6.42 Å². The van der Waals surface area contributed by atoms with Gasteiger partial charge in [-0.05, 0) is 19.1 Å². The number of aromatic nitrogens is 2. The molecule has 0 bridgehead atoms. The number of nitrogens with zero attached hydrogens (tertiary/aromatic N) is 2. The van der Waals surface area contributed by atoms with E-state index in [1.807, 2.05) is 35.8 Å². The molecular weight excluding hydrogens is 269 g/mol. The average Bonchev–Trinajstić information content (AvgIpc) is 2.73. The third-order valence-corrected chi connectivity index (χ3v) is 3.19. The van der Waals surface area contributed by atoms with Gasteiger partial charge < -0.3 is 4.57 Å². The van der Waals surface area contributed by atoms with E-state index in [0.29, 0.717) is 12.4 Å². The third-order valence-electron chi connectivity index (χ3n) is 3.19. The minimum atomic E-state index is -4.25. The zero-order chi connectivity index (χ0) is 14.8. The van der Waals surface area contributed by atoms with Crippen LogP contribution in [0.1, 0.15) is 19.2 Å². The second-order valence-corrected chi connectivity index (χ2v) is 4.65. The van der Waals surface area contributed by atoms with Gasteiger partial charge in [-0.1, -0.05) is 12.1 Å². The second kappa shape index (κ2) is 5.80. The molecule has 0 aliphatic carbocycles. The Balaban J connectivity index is 2.28. The first kappa shape index (κ1) is 14.8. The van der Waals surface area contributed by atoms with E-state index in [2.05, 4.69) is 10.4 Å². The number of hydrogen-bond acceptors (Lipinski definition) is 3. The fraction of sp³-hybridized carbons (Fsp3) is 0.462. The van der Waals surface area contributed by atoms with E-state index in [1.54, 1.807) is 0 Å². The van der Waals surface area contributed by atoms with Crippen LogP contribution in [0.15, 0.2) is 24.3 Å². The molecule has 0 radical (unpaired) electrons. The standard InChI is InChI=1S/C13H17F3N4/c1-2-20-11-6-4-3-5-10(11)18-12(20)7-9(19-17)8-13(14,15)16/h3-6,9,19H,2,7-8,17H2,1H3. The minimum Gasteiger partial charge on any atom is -0.328 e. The Bertz CT molecular complexity index is 576. The maximum absolute atomic E-state index is 12.5. The Morgan fingerprint density at radius 2 is 2.05 bits per heavy atom. The maximum Gasteiger partial charge on any atom is 0.390 e. The highest BCUT2D eigenvalue weighted by Gasteiger charge is 2.32. The zero-order valence-corrected chi connectivity index (χ0v) is 11.1. The number of halogens is 3. The smallest absolute Gasteiger partial charge is 0.328 e. The monoisotopic (exact) mass is 286 g/mol. The lowest BCUT2D eigenvalue weighted by atomic mass is 10.1. The number of alkyl halides is 3. The van der Waals surface area contributed by atoms with Crippen LogP contribution in [0.25, 0.3) is 11.0 Å². The lowest BCUT2D eigenvalue weighted by molar-refractivity contribution is -0.140. The Kier molecular flexibility index (Phi) is 4.29. The van der Waals surface area contributed by atoms with E-state index in [4.69, 9.17) is 5.84 Å². The molecule has 20 heavy (non-hydrogen) atoms. The summed E-state index contributed by atoms with van der Waals surface area (Å²) in [6.07, 6.45) is -5.09. The van der Waals surface area contributed by atoms with E-state index < -0.39 is 18.6 Å². The van der Waals surface area contributed by atoms with Gasteiger partial charge in [-0.25, -0.2) is 4.98 Å². The van der Waals surface area contributed by atoms with Gasteiger partial charge in [-0.2, -0.15) is 13.2 Å². The van der Waals surface area contributed by atoms with Gasteiger partial charge >= 0.3 is 6.18 Å². The van der Waals surface area contributed by atoms with E-state index in [1.165, 1.54) is 0 Å². The molecule has 2 rings (SSSR count). The highest BCUT2D eigenvalue weighted by molar-refractivity contribution is 5.75. The van der Waals surface area contributed by atoms with E-state index in [9.17, 15) is 13.2 Å². The van der Waals surface area contributed by atoms with Crippen molar-refractivity contribution in [3.05, 3.63) is 30.1 Å². The van der Waals surface area contributed by atoms with Gasteiger partial charge in [0.15, 0.2) is 0 Å². The Morgan fingerprint density at radius 1 is 1.35 bits per heavy atom. The normalized spacial score (nSPS) is 13.8. The molecule has 3 N–H and O–H groups in total. The van der Waals surface area contributed by atoms with Crippen molar-refractivity contribution in [3.63, 3.8) is 0 Å². The summed E-state index contributed by atoms with van der Waals surface area (Å²) in [5, 5.41) is 0. The largest absolute Gasteiger partial charge is 0.390 e. The predicted molar refractivity (Wildman–Crippen MR) is 70.9 cm³/mol. The number of rotatable bonds is 5. The number of para-hydroxylation sites is 2. The molecule has 0 spiro atoms. The number of benzene rings is 1. The number of hydrazine groups is 1. The van der Waals surface area contributed by atoms with Gasteiger partial charge in [0, 0.05) is 19.0 Å². The van der Waals surface area contributed by atoms with Gasteiger partial charge in [-0.3, -0.25) is 11.3 Å². The van der Waals surface area contributed by atoms with Crippen LogP contribution in [-0.2, 0) is 13.0 Å². The summed E-state index contributed by atoms with van der Waals surface area (Å²) in [5.41, 5.74) is 3.94. The van der Waals surface area contributed by atoms with Crippen molar-refractivity contribution in [1.82, 2.24) is 15.0 Å². The molecule has 2 aromatic rings. The highest BCUT2D eigenvalue weighted by atomic mass is 19.4. The van der Waals surface area contributed by atoms with Crippen molar-refractivity contribution in [2.24, 2.45) is 5.84 Å². The fourth-order valence-corrected chi connectivity index (χ4v) is 2.32. The lowest BCUT2D eigenvalue weighted by Crippen LogP contribution is -2.40. The average molecular weight is 286 g/mol. The van der Waals surface area contributed by atoms with Crippen LogP contribution in [-0.4, -0.2) is 21.8 Å². The van der Waals surface area contributed by atoms with Crippen LogP contribution in [0.5, 0.6) is 0 Å². The number of fused-ring (bicyclic) bond motifs is 1. The molecule has 0 aliphatic heterocycles. The topological polar surface area (TPSA) is 55.9 Å². The number of aryl methyl sites for hydroxylation is 1.